The number of pyridine rings is 3. The van der Waals surface area contributed by atoms with E-state index in [1.807, 2.05) is 12.1 Å². The number of nitro groups is 1. The van der Waals surface area contributed by atoms with E-state index in [-0.39, 0.29) is 27.3 Å². The summed E-state index contributed by atoms with van der Waals surface area (Å²) in [6.45, 7) is 0. The third kappa shape index (κ3) is 6.84. The SMILES string of the molecule is Nc1cccc2[nH]c(=O)ccc12.O=c1ccc2c(S(=O)(=O)Cl)cccc2[nH]1.O=c1ccc2c([N+](=O)[O-])cccc2[nH]1. The molecule has 0 aliphatic rings. The highest BCUT2D eigenvalue weighted by atomic mass is 35.7. The topological polar surface area (TPSA) is 202 Å². The number of aromatic nitrogens is 3. The summed E-state index contributed by atoms with van der Waals surface area (Å²) in [6.07, 6.45) is 0. The number of anilines is 1. The number of H-pyrrole nitrogens is 3. The third-order valence-corrected chi connectivity index (χ3v) is 7.11. The lowest BCUT2D eigenvalue weighted by molar-refractivity contribution is -0.383. The average Bonchev–Trinajstić information content (AvgIpc) is 2.92. The van der Waals surface area contributed by atoms with Crippen LogP contribution in [0.2, 0.25) is 0 Å². The zero-order chi connectivity index (χ0) is 29.7. The highest BCUT2D eigenvalue weighted by molar-refractivity contribution is 8.14. The number of benzene rings is 3. The summed E-state index contributed by atoms with van der Waals surface area (Å²) < 4.78 is 22.4. The van der Waals surface area contributed by atoms with E-state index in [1.54, 1.807) is 24.3 Å². The van der Waals surface area contributed by atoms with Crippen LogP contribution in [0.25, 0.3) is 32.7 Å². The molecule has 5 N–H and O–H groups in total. The molecule has 0 amide bonds. The van der Waals surface area contributed by atoms with Crippen LogP contribution in [-0.2, 0) is 9.05 Å². The van der Waals surface area contributed by atoms with Crippen molar-refractivity contribution in [1.82, 2.24) is 15.0 Å². The normalized spacial score (nSPS) is 10.9. The minimum atomic E-state index is -3.79. The smallest absolute Gasteiger partial charge is 0.278 e. The molecule has 3 aromatic carbocycles. The van der Waals surface area contributed by atoms with E-state index in [0.717, 1.165) is 10.9 Å². The van der Waals surface area contributed by atoms with E-state index in [1.165, 1.54) is 54.6 Å². The molecule has 0 radical (unpaired) electrons. The van der Waals surface area contributed by atoms with Crippen molar-refractivity contribution in [3.05, 3.63) is 132 Å². The van der Waals surface area contributed by atoms with Gasteiger partial charge >= 0.3 is 0 Å². The lowest BCUT2D eigenvalue weighted by Gasteiger charge is -2.01. The summed E-state index contributed by atoms with van der Waals surface area (Å²) in [5.74, 6) is 0. The van der Waals surface area contributed by atoms with Crippen LogP contribution < -0.4 is 22.4 Å². The Bertz CT molecular complexity index is 2210. The Kier molecular flexibility index (Phi) is 8.31. The van der Waals surface area contributed by atoms with Crippen LogP contribution in [-0.4, -0.2) is 28.3 Å². The average molecular weight is 594 g/mol. The van der Waals surface area contributed by atoms with E-state index in [0.29, 0.717) is 27.5 Å². The van der Waals surface area contributed by atoms with Gasteiger partial charge < -0.3 is 20.7 Å². The number of hydrogen-bond donors (Lipinski definition) is 4. The van der Waals surface area contributed by atoms with Crippen molar-refractivity contribution in [2.24, 2.45) is 0 Å². The second kappa shape index (κ2) is 11.9. The Morgan fingerprint density at radius 2 is 1.07 bits per heavy atom. The zero-order valence-corrected chi connectivity index (χ0v) is 22.4. The van der Waals surface area contributed by atoms with E-state index in [4.69, 9.17) is 16.4 Å². The summed E-state index contributed by atoms with van der Waals surface area (Å²) in [5.41, 5.74) is 7.42. The van der Waals surface area contributed by atoms with Gasteiger partial charge in [0.15, 0.2) is 0 Å². The van der Waals surface area contributed by atoms with Crippen molar-refractivity contribution in [2.75, 3.05) is 5.73 Å². The largest absolute Gasteiger partial charge is 0.398 e. The van der Waals surface area contributed by atoms with Crippen LogP contribution in [0.1, 0.15) is 0 Å². The van der Waals surface area contributed by atoms with Crippen molar-refractivity contribution in [2.45, 2.75) is 4.90 Å². The van der Waals surface area contributed by atoms with E-state index < -0.39 is 14.0 Å². The first kappa shape index (κ1) is 28.7. The number of nitrogens with one attached hydrogen (secondary N) is 3. The van der Waals surface area contributed by atoms with Gasteiger partial charge in [-0.3, -0.25) is 24.5 Å². The fourth-order valence-corrected chi connectivity index (χ4v) is 5.00. The molecule has 0 saturated carbocycles. The van der Waals surface area contributed by atoms with Crippen LogP contribution >= 0.6 is 10.7 Å². The van der Waals surface area contributed by atoms with E-state index >= 15 is 0 Å². The third-order valence-electron chi connectivity index (χ3n) is 5.73. The molecule has 0 fully saturated rings. The van der Waals surface area contributed by atoms with Crippen molar-refractivity contribution >= 4 is 63.8 Å². The number of halogens is 1. The van der Waals surface area contributed by atoms with Crippen LogP contribution in [0.3, 0.4) is 0 Å². The van der Waals surface area contributed by atoms with Crippen LogP contribution in [0.4, 0.5) is 11.4 Å². The van der Waals surface area contributed by atoms with Gasteiger partial charge in [0.2, 0.25) is 16.7 Å². The van der Waals surface area contributed by atoms with E-state index in [9.17, 15) is 32.9 Å². The van der Waals surface area contributed by atoms with Crippen molar-refractivity contribution in [3.63, 3.8) is 0 Å². The number of nitro benzene ring substituents is 1. The first-order valence-electron chi connectivity index (χ1n) is 11.6. The molecule has 14 heteroatoms. The number of non-ortho nitro benzene ring substituents is 1. The highest BCUT2D eigenvalue weighted by Gasteiger charge is 2.13. The molecule has 6 aromatic rings. The van der Waals surface area contributed by atoms with E-state index in [2.05, 4.69) is 15.0 Å². The molecule has 6 rings (SSSR count). The standard InChI is InChI=1S/C9H6ClNO3S.C9H6N2O3.C9H8N2O/c10-15(13,14)8-3-1-2-7-6(8)4-5-9(12)11-7;12-9-5-4-6-7(10-9)2-1-3-8(6)11(13)14;10-7-2-1-3-8-6(7)4-5-9(12)11-8/h1-5H,(H,11,12);1-5H,(H,10,12);1-5H,10H2,(H,11,12). The van der Waals surface area contributed by atoms with Gasteiger partial charge in [0.1, 0.15) is 0 Å². The second-order valence-electron chi connectivity index (χ2n) is 8.43. The molecule has 0 bridgehead atoms. The molecule has 0 spiro atoms. The number of fused-ring (bicyclic) bond motifs is 3. The fourth-order valence-electron chi connectivity index (χ4n) is 3.91. The highest BCUT2D eigenvalue weighted by Crippen LogP contribution is 2.24. The molecule has 0 saturated heterocycles. The number of rotatable bonds is 2. The molecular formula is C27H20ClN5O7S. The summed E-state index contributed by atoms with van der Waals surface area (Å²) >= 11 is 0. The van der Waals surface area contributed by atoms with Crippen molar-refractivity contribution in [1.29, 1.82) is 0 Å². The van der Waals surface area contributed by atoms with Crippen LogP contribution in [0, 0.1) is 10.1 Å². The monoisotopic (exact) mass is 593 g/mol. The van der Waals surface area contributed by atoms with Crippen molar-refractivity contribution in [3.8, 4) is 0 Å². The summed E-state index contributed by atoms with van der Waals surface area (Å²) in [6, 6.07) is 23.2. The maximum atomic E-state index is 11.2. The number of aromatic amines is 3. The van der Waals surface area contributed by atoms with Gasteiger partial charge in [-0.2, -0.15) is 0 Å². The molecule has 0 atom stereocenters. The molecular weight excluding hydrogens is 574 g/mol. The van der Waals surface area contributed by atoms with Gasteiger partial charge in [-0.25, -0.2) is 8.42 Å². The summed E-state index contributed by atoms with van der Waals surface area (Å²) in [5, 5.41) is 12.4. The van der Waals surface area contributed by atoms with Crippen molar-refractivity contribution < 1.29 is 13.3 Å². The molecule has 208 valence electrons. The van der Waals surface area contributed by atoms with Gasteiger partial charge in [-0.15, -0.1) is 0 Å². The lowest BCUT2D eigenvalue weighted by atomic mass is 10.2. The quantitative estimate of drug-likeness (QED) is 0.0997. The maximum Gasteiger partial charge on any atom is 0.278 e. The molecule has 3 heterocycles. The number of nitrogens with zero attached hydrogens (tertiary/aromatic N) is 1. The Morgan fingerprint density at radius 3 is 1.61 bits per heavy atom. The van der Waals surface area contributed by atoms with Gasteiger partial charge in [-0.1, -0.05) is 18.2 Å². The van der Waals surface area contributed by atoms with Crippen LogP contribution in [0.15, 0.2) is 110 Å². The summed E-state index contributed by atoms with van der Waals surface area (Å²) in [4.78, 5) is 50.7. The fraction of sp³-hybridized carbons (Fsp3) is 0. The Balaban J connectivity index is 0.000000142. The molecule has 3 aromatic heterocycles. The first-order valence-corrected chi connectivity index (χ1v) is 14.0. The predicted octanol–water partition coefficient (Wildman–Crippen LogP) is 4.00. The van der Waals surface area contributed by atoms with Gasteiger partial charge in [0.25, 0.3) is 14.7 Å². The second-order valence-corrected chi connectivity index (χ2v) is 11.0. The first-order chi connectivity index (χ1) is 19.4. The molecule has 0 unspecified atom stereocenters. The number of hydrogen-bond acceptors (Lipinski definition) is 8. The number of nitrogen functional groups attached to an aromatic ring is 1. The Hall–Kier alpha value is -5.27. The van der Waals surface area contributed by atoms with Gasteiger partial charge in [-0.05, 0) is 48.5 Å². The Morgan fingerprint density at radius 1 is 0.634 bits per heavy atom. The zero-order valence-electron chi connectivity index (χ0n) is 20.8. The molecule has 0 aliphatic heterocycles. The Labute approximate surface area is 234 Å². The maximum absolute atomic E-state index is 11.2. The van der Waals surface area contributed by atoms with Gasteiger partial charge in [0, 0.05) is 56.9 Å². The van der Waals surface area contributed by atoms with Crippen LogP contribution in [0.5, 0.6) is 0 Å². The minimum Gasteiger partial charge on any atom is -0.398 e. The summed E-state index contributed by atoms with van der Waals surface area (Å²) in [7, 11) is 1.47. The predicted molar refractivity (Wildman–Crippen MR) is 158 cm³/mol. The number of nitrogens with two attached hydrogens (primary N) is 1. The van der Waals surface area contributed by atoms with Gasteiger partial charge in [0.05, 0.1) is 26.2 Å². The lowest BCUT2D eigenvalue weighted by Crippen LogP contribution is -2.03. The molecule has 0 aliphatic carbocycles. The molecule has 12 nitrogen and oxygen atoms in total. The minimum absolute atomic E-state index is 0.00116. The molecule has 41 heavy (non-hydrogen) atoms.